The number of rotatable bonds is 2. The highest BCUT2D eigenvalue weighted by molar-refractivity contribution is 5.87. The minimum absolute atomic E-state index is 0.486. The predicted molar refractivity (Wildman–Crippen MR) is 45.5 cm³/mol. The lowest BCUT2D eigenvalue weighted by molar-refractivity contribution is -0.291. The van der Waals surface area contributed by atoms with Gasteiger partial charge in [0.25, 0.3) is 0 Å². The summed E-state index contributed by atoms with van der Waals surface area (Å²) in [6.07, 6.45) is -5.77. The number of aromatic nitrogens is 1. The molecule has 1 rings (SSSR count). The Bertz CT molecular complexity index is 430. The number of hydrogen-bond acceptors (Lipinski definition) is 3. The summed E-state index contributed by atoms with van der Waals surface area (Å²) in [5.74, 6) is -6.21. The fourth-order valence-electron chi connectivity index (χ4n) is 0.973. The lowest BCUT2D eigenvalue weighted by Gasteiger charge is -2.18. The molecule has 1 aromatic rings. The number of carbonyl (C=O) groups is 1. The van der Waals surface area contributed by atoms with Gasteiger partial charge >= 0.3 is 18.1 Å². The van der Waals surface area contributed by atoms with Gasteiger partial charge in [-0.2, -0.15) is 22.0 Å². The molecule has 0 fully saturated rings. The molecular formula is C9H6F5NO2. The molecule has 0 bridgehead atoms. The van der Waals surface area contributed by atoms with Gasteiger partial charge in [-0.05, 0) is 12.1 Å². The smallest absolute Gasteiger partial charge is 0.459 e. The molecule has 0 saturated heterocycles. The van der Waals surface area contributed by atoms with E-state index < -0.39 is 29.5 Å². The van der Waals surface area contributed by atoms with Gasteiger partial charge in [-0.1, -0.05) is 6.07 Å². The van der Waals surface area contributed by atoms with Gasteiger partial charge in [-0.25, -0.2) is 9.78 Å². The summed E-state index contributed by atoms with van der Waals surface area (Å²) >= 11 is 0. The lowest BCUT2D eigenvalue weighted by atomic mass is 10.2. The second-order valence-electron chi connectivity index (χ2n) is 2.97. The number of methoxy groups -OCH3 is 1. The third-order valence-electron chi connectivity index (χ3n) is 1.82. The van der Waals surface area contributed by atoms with Gasteiger partial charge in [-0.15, -0.1) is 0 Å². The zero-order valence-electron chi connectivity index (χ0n) is 8.39. The summed E-state index contributed by atoms with van der Waals surface area (Å²) in [5, 5.41) is 0. The number of nitrogens with zero attached hydrogens (tertiary/aromatic N) is 1. The van der Waals surface area contributed by atoms with E-state index in [1.165, 1.54) is 0 Å². The molecule has 0 amide bonds. The highest BCUT2D eigenvalue weighted by Crippen LogP contribution is 2.42. The number of ether oxygens (including phenoxy) is 1. The Balaban J connectivity index is 3.21. The molecule has 3 nitrogen and oxygen atoms in total. The topological polar surface area (TPSA) is 39.2 Å². The van der Waals surface area contributed by atoms with Crippen LogP contribution in [0.25, 0.3) is 0 Å². The van der Waals surface area contributed by atoms with E-state index in [1.54, 1.807) is 0 Å². The van der Waals surface area contributed by atoms with Gasteiger partial charge in [0.1, 0.15) is 11.4 Å². The maximum absolute atomic E-state index is 12.9. The number of pyridine rings is 1. The Kier molecular flexibility index (Phi) is 3.35. The summed E-state index contributed by atoms with van der Waals surface area (Å²) in [6, 6.07) is 2.33. The monoisotopic (exact) mass is 255 g/mol. The van der Waals surface area contributed by atoms with Crippen LogP contribution in [-0.2, 0) is 10.7 Å². The minimum Gasteiger partial charge on any atom is -0.464 e. The fraction of sp³-hybridized carbons (Fsp3) is 0.333. The number of carbonyl (C=O) groups excluding carboxylic acids is 1. The zero-order chi connectivity index (χ0) is 13.3. The molecular weight excluding hydrogens is 249 g/mol. The van der Waals surface area contributed by atoms with Crippen molar-refractivity contribution in [2.24, 2.45) is 0 Å². The molecule has 0 aliphatic carbocycles. The Morgan fingerprint density at radius 3 is 2.29 bits per heavy atom. The Labute approximate surface area is 92.2 Å². The average molecular weight is 255 g/mol. The second kappa shape index (κ2) is 4.27. The SMILES string of the molecule is COC(=O)c1cccc(C(F)(F)C(F)(F)F)n1. The first kappa shape index (κ1) is 13.3. The molecule has 0 aliphatic heterocycles. The Hall–Kier alpha value is -1.73. The molecule has 0 aliphatic rings. The van der Waals surface area contributed by atoms with Gasteiger partial charge < -0.3 is 4.74 Å². The normalized spacial score (nSPS) is 12.4. The van der Waals surface area contributed by atoms with Crippen LogP contribution in [0.15, 0.2) is 18.2 Å². The number of halogens is 5. The molecule has 0 saturated carbocycles. The van der Waals surface area contributed by atoms with Crippen LogP contribution in [0.5, 0.6) is 0 Å². The summed E-state index contributed by atoms with van der Waals surface area (Å²) in [7, 11) is 0.957. The molecule has 0 radical (unpaired) electrons. The van der Waals surface area contributed by atoms with Crippen molar-refractivity contribution < 1.29 is 31.5 Å². The molecule has 94 valence electrons. The average Bonchev–Trinajstić information content (AvgIpc) is 2.26. The van der Waals surface area contributed by atoms with Gasteiger partial charge in [0.05, 0.1) is 7.11 Å². The largest absolute Gasteiger partial charge is 0.464 e. The maximum atomic E-state index is 12.9. The molecule has 0 N–H and O–H groups in total. The molecule has 0 aromatic carbocycles. The van der Waals surface area contributed by atoms with Crippen LogP contribution in [0.4, 0.5) is 22.0 Å². The van der Waals surface area contributed by atoms with Crippen LogP contribution in [-0.4, -0.2) is 24.2 Å². The Morgan fingerprint density at radius 1 is 1.24 bits per heavy atom. The predicted octanol–water partition coefficient (Wildman–Crippen LogP) is 2.52. The van der Waals surface area contributed by atoms with Gasteiger partial charge in [-0.3, -0.25) is 0 Å². The number of alkyl halides is 5. The van der Waals surface area contributed by atoms with Crippen LogP contribution in [0, 0.1) is 0 Å². The van der Waals surface area contributed by atoms with E-state index in [0.717, 1.165) is 19.2 Å². The standard InChI is InChI=1S/C9H6F5NO2/c1-17-7(16)5-3-2-4-6(15-5)8(10,11)9(12,13)14/h2-4H,1H3. The van der Waals surface area contributed by atoms with Gasteiger partial charge in [0.15, 0.2) is 0 Å². The summed E-state index contributed by atoms with van der Waals surface area (Å²) in [6.45, 7) is 0. The summed E-state index contributed by atoms with van der Waals surface area (Å²) in [4.78, 5) is 13.9. The van der Waals surface area contributed by atoms with Gasteiger partial charge in [0, 0.05) is 0 Å². The lowest BCUT2D eigenvalue weighted by Crippen LogP contribution is -2.34. The molecule has 0 unspecified atom stereocenters. The molecule has 17 heavy (non-hydrogen) atoms. The van der Waals surface area contributed by atoms with Crippen LogP contribution in [0.1, 0.15) is 16.2 Å². The third-order valence-corrected chi connectivity index (χ3v) is 1.82. The van der Waals surface area contributed by atoms with Crippen LogP contribution in [0.2, 0.25) is 0 Å². The summed E-state index contributed by atoms with van der Waals surface area (Å²) < 4.78 is 66.0. The van der Waals surface area contributed by atoms with Crippen LogP contribution >= 0.6 is 0 Å². The molecule has 8 heteroatoms. The van der Waals surface area contributed by atoms with Crippen molar-refractivity contribution >= 4 is 5.97 Å². The molecule has 1 heterocycles. The molecule has 0 spiro atoms. The maximum Gasteiger partial charge on any atom is 0.459 e. The quantitative estimate of drug-likeness (QED) is 0.602. The van der Waals surface area contributed by atoms with Crippen molar-refractivity contribution in [2.45, 2.75) is 12.1 Å². The highest BCUT2D eigenvalue weighted by Gasteiger charge is 2.59. The van der Waals surface area contributed by atoms with Crippen LogP contribution < -0.4 is 0 Å². The van der Waals surface area contributed by atoms with Gasteiger partial charge in [0.2, 0.25) is 0 Å². The van der Waals surface area contributed by atoms with E-state index in [1.807, 2.05) is 0 Å². The first-order valence-corrected chi connectivity index (χ1v) is 4.20. The molecule has 0 atom stereocenters. The fourth-order valence-corrected chi connectivity index (χ4v) is 0.973. The van der Waals surface area contributed by atoms with E-state index in [9.17, 15) is 26.7 Å². The van der Waals surface area contributed by atoms with Crippen molar-refractivity contribution in [3.8, 4) is 0 Å². The number of esters is 1. The summed E-state index contributed by atoms with van der Waals surface area (Å²) in [5.41, 5.74) is -2.16. The highest BCUT2D eigenvalue weighted by atomic mass is 19.4. The third kappa shape index (κ3) is 2.51. The van der Waals surface area contributed by atoms with Crippen molar-refractivity contribution in [1.29, 1.82) is 0 Å². The molecule has 1 aromatic heterocycles. The van der Waals surface area contributed by atoms with Crippen molar-refractivity contribution in [2.75, 3.05) is 7.11 Å². The van der Waals surface area contributed by atoms with Crippen molar-refractivity contribution in [3.63, 3.8) is 0 Å². The van der Waals surface area contributed by atoms with E-state index in [4.69, 9.17) is 0 Å². The van der Waals surface area contributed by atoms with E-state index in [-0.39, 0.29) is 0 Å². The first-order valence-electron chi connectivity index (χ1n) is 4.20. The van der Waals surface area contributed by atoms with Crippen molar-refractivity contribution in [1.82, 2.24) is 4.98 Å². The number of hydrogen-bond donors (Lipinski definition) is 0. The second-order valence-corrected chi connectivity index (χ2v) is 2.97. The van der Waals surface area contributed by atoms with E-state index in [2.05, 4.69) is 9.72 Å². The van der Waals surface area contributed by atoms with E-state index >= 15 is 0 Å². The van der Waals surface area contributed by atoms with Crippen LogP contribution in [0.3, 0.4) is 0 Å². The van der Waals surface area contributed by atoms with Crippen molar-refractivity contribution in [3.05, 3.63) is 29.6 Å². The Morgan fingerprint density at radius 2 is 1.82 bits per heavy atom. The van der Waals surface area contributed by atoms with E-state index in [0.29, 0.717) is 6.07 Å². The zero-order valence-corrected chi connectivity index (χ0v) is 8.39. The first-order chi connectivity index (χ1) is 7.70. The minimum atomic E-state index is -5.77.